The molecule has 0 aliphatic rings. The van der Waals surface area contributed by atoms with Crippen LogP contribution in [0.5, 0.6) is 11.5 Å². The van der Waals surface area contributed by atoms with E-state index in [9.17, 15) is 9.59 Å². The van der Waals surface area contributed by atoms with Crippen molar-refractivity contribution in [3.8, 4) is 11.5 Å². The molecule has 2 rings (SSSR count). The number of rotatable bonds is 10. The van der Waals surface area contributed by atoms with Gasteiger partial charge in [-0.05, 0) is 54.8 Å². The van der Waals surface area contributed by atoms with Crippen LogP contribution in [0.25, 0.3) is 6.08 Å². The Morgan fingerprint density at radius 3 is 2.52 bits per heavy atom. The number of methoxy groups -OCH3 is 1. The van der Waals surface area contributed by atoms with E-state index in [4.69, 9.17) is 14.2 Å². The highest BCUT2D eigenvalue weighted by Crippen LogP contribution is 2.28. The highest BCUT2D eigenvalue weighted by molar-refractivity contribution is 6.02. The van der Waals surface area contributed by atoms with Crippen LogP contribution in [0.3, 0.4) is 0 Å². The summed E-state index contributed by atoms with van der Waals surface area (Å²) in [7, 11) is 1.58. The average molecular weight is 397 g/mol. The van der Waals surface area contributed by atoms with Crippen molar-refractivity contribution >= 4 is 23.6 Å². The van der Waals surface area contributed by atoms with Crippen molar-refractivity contribution in [1.82, 2.24) is 0 Å². The fraction of sp³-hybridized carbons (Fsp3) is 0.304. The molecule has 0 fully saturated rings. The molecule has 6 nitrogen and oxygen atoms in total. The summed E-state index contributed by atoms with van der Waals surface area (Å²) in [5, 5.41) is 2.74. The predicted molar refractivity (Wildman–Crippen MR) is 113 cm³/mol. The number of hydrogen-bond acceptors (Lipinski definition) is 5. The highest BCUT2D eigenvalue weighted by Gasteiger charge is 2.08. The summed E-state index contributed by atoms with van der Waals surface area (Å²) in [6.45, 7) is 4.94. The van der Waals surface area contributed by atoms with Gasteiger partial charge in [-0.3, -0.25) is 4.79 Å². The summed E-state index contributed by atoms with van der Waals surface area (Å²) in [6, 6.07) is 12.1. The Bertz CT molecular complexity index is 860. The topological polar surface area (TPSA) is 73.9 Å². The third kappa shape index (κ3) is 6.99. The molecule has 1 amide bonds. The van der Waals surface area contributed by atoms with E-state index in [1.54, 1.807) is 43.5 Å². The first-order valence-electron chi connectivity index (χ1n) is 9.64. The molecule has 6 heteroatoms. The van der Waals surface area contributed by atoms with Crippen LogP contribution in [0.1, 0.15) is 42.6 Å². The minimum atomic E-state index is -0.407. The molecular weight excluding hydrogens is 370 g/mol. The maximum Gasteiger partial charge on any atom is 0.338 e. The Balaban J connectivity index is 2.01. The molecule has 0 aliphatic heterocycles. The van der Waals surface area contributed by atoms with E-state index < -0.39 is 5.97 Å². The standard InChI is InChI=1S/C23H27NO5/c1-4-13-28-20-11-9-17(15-21(20)27-3)10-12-22(25)24-19-8-6-7-18(16-19)23(26)29-14-5-2/h6-12,15-16H,4-5,13-14H2,1-3H3,(H,24,25)/b12-10+. The van der Waals surface area contributed by atoms with Gasteiger partial charge in [0.2, 0.25) is 5.91 Å². The zero-order valence-corrected chi connectivity index (χ0v) is 17.1. The normalized spacial score (nSPS) is 10.6. The molecule has 0 saturated carbocycles. The SMILES string of the molecule is CCCOC(=O)c1cccc(NC(=O)/C=C/c2ccc(OCCC)c(OC)c2)c1. The molecule has 0 saturated heterocycles. The van der Waals surface area contributed by atoms with Crippen molar-refractivity contribution in [3.05, 3.63) is 59.7 Å². The van der Waals surface area contributed by atoms with Gasteiger partial charge in [0.05, 0.1) is 25.9 Å². The van der Waals surface area contributed by atoms with Gasteiger partial charge in [0, 0.05) is 11.8 Å². The molecule has 29 heavy (non-hydrogen) atoms. The number of carbonyl (C=O) groups is 2. The Hall–Kier alpha value is -3.28. The molecule has 0 radical (unpaired) electrons. The van der Waals surface area contributed by atoms with Gasteiger partial charge >= 0.3 is 5.97 Å². The number of amides is 1. The third-order valence-corrected chi connectivity index (χ3v) is 3.88. The number of anilines is 1. The van der Waals surface area contributed by atoms with Gasteiger partial charge in [-0.2, -0.15) is 0 Å². The van der Waals surface area contributed by atoms with Crippen LogP contribution in [0.4, 0.5) is 5.69 Å². The molecule has 0 atom stereocenters. The van der Waals surface area contributed by atoms with E-state index in [-0.39, 0.29) is 5.91 Å². The molecule has 0 aromatic heterocycles. The zero-order valence-electron chi connectivity index (χ0n) is 17.1. The van der Waals surface area contributed by atoms with Gasteiger partial charge in [-0.15, -0.1) is 0 Å². The molecule has 2 aromatic rings. The number of ether oxygens (including phenoxy) is 3. The molecule has 0 spiro atoms. The lowest BCUT2D eigenvalue weighted by molar-refractivity contribution is -0.111. The minimum Gasteiger partial charge on any atom is -0.493 e. The average Bonchev–Trinajstić information content (AvgIpc) is 2.74. The van der Waals surface area contributed by atoms with Crippen molar-refractivity contribution in [2.24, 2.45) is 0 Å². The monoisotopic (exact) mass is 397 g/mol. The maximum atomic E-state index is 12.2. The molecule has 1 N–H and O–H groups in total. The zero-order chi connectivity index (χ0) is 21.1. The van der Waals surface area contributed by atoms with E-state index in [0.29, 0.717) is 36.0 Å². The fourth-order valence-corrected chi connectivity index (χ4v) is 2.48. The second-order valence-corrected chi connectivity index (χ2v) is 6.30. The largest absolute Gasteiger partial charge is 0.493 e. The Labute approximate surface area is 171 Å². The summed E-state index contributed by atoms with van der Waals surface area (Å²) in [6.07, 6.45) is 4.76. The second kappa shape index (κ2) is 11.5. The van der Waals surface area contributed by atoms with E-state index in [1.165, 1.54) is 6.08 Å². The Kier molecular flexibility index (Phi) is 8.76. The Morgan fingerprint density at radius 2 is 1.79 bits per heavy atom. The minimum absolute atomic E-state index is 0.311. The summed E-state index contributed by atoms with van der Waals surface area (Å²) < 4.78 is 16.1. The third-order valence-electron chi connectivity index (χ3n) is 3.88. The molecule has 0 heterocycles. The first-order valence-corrected chi connectivity index (χ1v) is 9.64. The van der Waals surface area contributed by atoms with Crippen molar-refractivity contribution < 1.29 is 23.8 Å². The summed E-state index contributed by atoms with van der Waals surface area (Å²) >= 11 is 0. The first kappa shape index (κ1) is 22.0. The van der Waals surface area contributed by atoms with E-state index in [1.807, 2.05) is 26.0 Å². The highest BCUT2D eigenvalue weighted by atomic mass is 16.5. The molecule has 0 unspecified atom stereocenters. The van der Waals surface area contributed by atoms with Gasteiger partial charge in [0.15, 0.2) is 11.5 Å². The lowest BCUT2D eigenvalue weighted by Crippen LogP contribution is -2.10. The number of esters is 1. The van der Waals surface area contributed by atoms with Crippen LogP contribution in [0.2, 0.25) is 0 Å². The van der Waals surface area contributed by atoms with Crippen molar-refractivity contribution in [3.63, 3.8) is 0 Å². The molecule has 0 aliphatic carbocycles. The van der Waals surface area contributed by atoms with E-state index >= 15 is 0 Å². The number of benzene rings is 2. The predicted octanol–water partition coefficient (Wildman–Crippen LogP) is 4.70. The maximum absolute atomic E-state index is 12.2. The quantitative estimate of drug-likeness (QED) is 0.465. The summed E-state index contributed by atoms with van der Waals surface area (Å²) in [5.74, 6) is 0.562. The molecule has 2 aromatic carbocycles. The summed E-state index contributed by atoms with van der Waals surface area (Å²) in [4.78, 5) is 24.2. The number of carbonyl (C=O) groups excluding carboxylic acids is 2. The number of hydrogen-bond donors (Lipinski definition) is 1. The lowest BCUT2D eigenvalue weighted by atomic mass is 10.1. The second-order valence-electron chi connectivity index (χ2n) is 6.30. The van der Waals surface area contributed by atoms with Gasteiger partial charge in [0.1, 0.15) is 0 Å². The van der Waals surface area contributed by atoms with Gasteiger partial charge in [0.25, 0.3) is 0 Å². The lowest BCUT2D eigenvalue weighted by Gasteiger charge is -2.10. The van der Waals surface area contributed by atoms with Crippen LogP contribution in [-0.4, -0.2) is 32.2 Å². The van der Waals surface area contributed by atoms with Crippen LogP contribution in [0.15, 0.2) is 48.5 Å². The van der Waals surface area contributed by atoms with Crippen molar-refractivity contribution in [1.29, 1.82) is 0 Å². The molecular formula is C23H27NO5. The van der Waals surface area contributed by atoms with E-state index in [0.717, 1.165) is 18.4 Å². The number of nitrogens with one attached hydrogen (secondary N) is 1. The van der Waals surface area contributed by atoms with Gasteiger partial charge < -0.3 is 19.5 Å². The fourth-order valence-electron chi connectivity index (χ4n) is 2.48. The van der Waals surface area contributed by atoms with Crippen LogP contribution in [-0.2, 0) is 9.53 Å². The Morgan fingerprint density at radius 1 is 1.00 bits per heavy atom. The molecule has 154 valence electrons. The van der Waals surface area contributed by atoms with E-state index in [2.05, 4.69) is 5.32 Å². The van der Waals surface area contributed by atoms with Gasteiger partial charge in [-0.1, -0.05) is 26.0 Å². The van der Waals surface area contributed by atoms with Crippen LogP contribution >= 0.6 is 0 Å². The first-order chi connectivity index (χ1) is 14.1. The van der Waals surface area contributed by atoms with Gasteiger partial charge in [-0.25, -0.2) is 4.79 Å². The summed E-state index contributed by atoms with van der Waals surface area (Å²) in [5.41, 5.74) is 1.72. The van der Waals surface area contributed by atoms with Crippen molar-refractivity contribution in [2.75, 3.05) is 25.6 Å². The molecule has 0 bridgehead atoms. The van der Waals surface area contributed by atoms with Crippen molar-refractivity contribution in [2.45, 2.75) is 26.7 Å². The van der Waals surface area contributed by atoms with Crippen LogP contribution < -0.4 is 14.8 Å². The van der Waals surface area contributed by atoms with Crippen LogP contribution in [0, 0.1) is 0 Å². The smallest absolute Gasteiger partial charge is 0.338 e.